The highest BCUT2D eigenvalue weighted by molar-refractivity contribution is 5.90. The van der Waals surface area contributed by atoms with Crippen molar-refractivity contribution in [3.63, 3.8) is 0 Å². The number of nitrogens with zero attached hydrogens (tertiary/aromatic N) is 3. The summed E-state index contributed by atoms with van der Waals surface area (Å²) in [5, 5.41) is 2.85. The Kier molecular flexibility index (Phi) is 5.07. The topological polar surface area (TPSA) is 74.8 Å². The van der Waals surface area contributed by atoms with Crippen LogP contribution in [0.15, 0.2) is 24.5 Å². The van der Waals surface area contributed by atoms with Crippen molar-refractivity contribution >= 4 is 17.6 Å². The third-order valence-electron chi connectivity index (χ3n) is 4.31. The van der Waals surface area contributed by atoms with Crippen molar-refractivity contribution in [3.05, 3.63) is 24.5 Å². The van der Waals surface area contributed by atoms with Crippen molar-refractivity contribution in [2.75, 3.05) is 44.7 Å². The first-order valence-electron chi connectivity index (χ1n) is 8.06. The molecule has 1 N–H and O–H groups in total. The van der Waals surface area contributed by atoms with E-state index in [1.165, 1.54) is 0 Å². The van der Waals surface area contributed by atoms with Gasteiger partial charge < -0.3 is 19.9 Å². The van der Waals surface area contributed by atoms with Crippen LogP contribution in [0.25, 0.3) is 0 Å². The van der Waals surface area contributed by atoms with Gasteiger partial charge in [0.05, 0.1) is 19.1 Å². The molecule has 2 fully saturated rings. The standard InChI is InChI=1S/C16H22N4O3/c21-15(19-8-10-23-11-9-19)13-2-1-7-20(12-13)16(22)18-14-3-5-17-6-4-14/h3-6,13H,1-2,7-12H2,(H,17,18,22). The van der Waals surface area contributed by atoms with Crippen LogP contribution in [-0.4, -0.2) is 66.1 Å². The summed E-state index contributed by atoms with van der Waals surface area (Å²) in [4.78, 5) is 32.5. The van der Waals surface area contributed by atoms with E-state index < -0.39 is 0 Å². The van der Waals surface area contributed by atoms with Gasteiger partial charge in [-0.05, 0) is 25.0 Å². The van der Waals surface area contributed by atoms with Gasteiger partial charge in [-0.15, -0.1) is 0 Å². The molecule has 3 heterocycles. The highest BCUT2D eigenvalue weighted by Crippen LogP contribution is 2.20. The minimum Gasteiger partial charge on any atom is -0.378 e. The number of rotatable bonds is 2. The third kappa shape index (κ3) is 3.98. The van der Waals surface area contributed by atoms with Gasteiger partial charge >= 0.3 is 6.03 Å². The van der Waals surface area contributed by atoms with E-state index in [2.05, 4.69) is 10.3 Å². The summed E-state index contributed by atoms with van der Waals surface area (Å²) in [5.41, 5.74) is 0.714. The zero-order chi connectivity index (χ0) is 16.1. The first-order chi connectivity index (χ1) is 11.2. The molecule has 3 amide bonds. The maximum atomic E-state index is 12.6. The van der Waals surface area contributed by atoms with Gasteiger partial charge in [-0.2, -0.15) is 0 Å². The van der Waals surface area contributed by atoms with E-state index in [0.717, 1.165) is 12.8 Å². The molecule has 0 aliphatic carbocycles. The smallest absolute Gasteiger partial charge is 0.321 e. The summed E-state index contributed by atoms with van der Waals surface area (Å²) >= 11 is 0. The van der Waals surface area contributed by atoms with Crippen molar-refractivity contribution in [3.8, 4) is 0 Å². The number of pyridine rings is 1. The number of morpholine rings is 1. The Morgan fingerprint density at radius 2 is 1.87 bits per heavy atom. The second kappa shape index (κ2) is 7.41. The Morgan fingerprint density at radius 1 is 1.13 bits per heavy atom. The number of nitrogens with one attached hydrogen (secondary N) is 1. The molecule has 2 saturated heterocycles. The molecule has 124 valence electrons. The predicted molar refractivity (Wildman–Crippen MR) is 85.0 cm³/mol. The molecule has 2 aliphatic rings. The fourth-order valence-electron chi connectivity index (χ4n) is 3.04. The second-order valence-corrected chi connectivity index (χ2v) is 5.89. The van der Waals surface area contributed by atoms with E-state index in [1.807, 2.05) is 4.90 Å². The molecule has 7 nitrogen and oxygen atoms in total. The molecule has 0 spiro atoms. The molecule has 1 aromatic heterocycles. The molecule has 1 aromatic rings. The number of amides is 3. The zero-order valence-corrected chi connectivity index (χ0v) is 13.1. The van der Waals surface area contributed by atoms with Crippen molar-refractivity contribution in [1.29, 1.82) is 0 Å². The zero-order valence-electron chi connectivity index (χ0n) is 13.1. The van der Waals surface area contributed by atoms with E-state index in [0.29, 0.717) is 45.1 Å². The summed E-state index contributed by atoms with van der Waals surface area (Å²) in [6.45, 7) is 3.67. The number of hydrogen-bond donors (Lipinski definition) is 1. The van der Waals surface area contributed by atoms with Gasteiger partial charge in [0.1, 0.15) is 0 Å². The predicted octanol–water partition coefficient (Wildman–Crippen LogP) is 1.18. The Labute approximate surface area is 135 Å². The largest absolute Gasteiger partial charge is 0.378 e. The number of piperidine rings is 1. The number of carbonyl (C=O) groups is 2. The Morgan fingerprint density at radius 3 is 2.61 bits per heavy atom. The lowest BCUT2D eigenvalue weighted by Crippen LogP contribution is -2.50. The van der Waals surface area contributed by atoms with Gasteiger partial charge in [0.25, 0.3) is 0 Å². The lowest BCUT2D eigenvalue weighted by molar-refractivity contribution is -0.141. The van der Waals surface area contributed by atoms with Crippen LogP contribution < -0.4 is 5.32 Å². The van der Waals surface area contributed by atoms with E-state index in [-0.39, 0.29) is 17.9 Å². The summed E-state index contributed by atoms with van der Waals surface area (Å²) in [5.74, 6) is 0.0414. The fourth-order valence-corrected chi connectivity index (χ4v) is 3.04. The maximum Gasteiger partial charge on any atom is 0.321 e. The van der Waals surface area contributed by atoms with Gasteiger partial charge in [-0.1, -0.05) is 0 Å². The van der Waals surface area contributed by atoms with Crippen molar-refractivity contribution in [2.45, 2.75) is 12.8 Å². The lowest BCUT2D eigenvalue weighted by Gasteiger charge is -2.36. The monoisotopic (exact) mass is 318 g/mol. The van der Waals surface area contributed by atoms with Gasteiger partial charge in [0, 0.05) is 44.3 Å². The molecule has 1 atom stereocenters. The average Bonchev–Trinajstić information content (AvgIpc) is 2.63. The van der Waals surface area contributed by atoms with Crippen molar-refractivity contribution < 1.29 is 14.3 Å². The number of hydrogen-bond acceptors (Lipinski definition) is 4. The molecular formula is C16H22N4O3. The van der Waals surface area contributed by atoms with Crippen molar-refractivity contribution in [2.24, 2.45) is 5.92 Å². The third-order valence-corrected chi connectivity index (χ3v) is 4.31. The van der Waals surface area contributed by atoms with E-state index >= 15 is 0 Å². The molecule has 0 aromatic carbocycles. The second-order valence-electron chi connectivity index (χ2n) is 5.89. The van der Waals surface area contributed by atoms with Gasteiger partial charge in [-0.3, -0.25) is 9.78 Å². The van der Waals surface area contributed by atoms with Gasteiger partial charge in [0.15, 0.2) is 0 Å². The molecule has 0 saturated carbocycles. The molecule has 0 bridgehead atoms. The summed E-state index contributed by atoms with van der Waals surface area (Å²) in [6, 6.07) is 3.34. The maximum absolute atomic E-state index is 12.6. The highest BCUT2D eigenvalue weighted by atomic mass is 16.5. The van der Waals surface area contributed by atoms with Gasteiger partial charge in [0.2, 0.25) is 5.91 Å². The number of urea groups is 1. The van der Waals surface area contributed by atoms with Crippen LogP contribution in [0.1, 0.15) is 12.8 Å². The van der Waals surface area contributed by atoms with Crippen LogP contribution in [0, 0.1) is 5.92 Å². The minimum atomic E-state index is -0.157. The molecule has 1 unspecified atom stereocenters. The SMILES string of the molecule is O=C(Nc1ccncc1)N1CCCC(C(=O)N2CCOCC2)C1. The van der Waals surface area contributed by atoms with Crippen LogP contribution in [-0.2, 0) is 9.53 Å². The molecule has 3 rings (SSSR count). The average molecular weight is 318 g/mol. The summed E-state index contributed by atoms with van der Waals surface area (Å²) in [7, 11) is 0. The molecule has 23 heavy (non-hydrogen) atoms. The number of aromatic nitrogens is 1. The Bertz CT molecular complexity index is 546. The van der Waals surface area contributed by atoms with Crippen molar-refractivity contribution in [1.82, 2.24) is 14.8 Å². The quantitative estimate of drug-likeness (QED) is 0.889. The minimum absolute atomic E-state index is 0.106. The highest BCUT2D eigenvalue weighted by Gasteiger charge is 2.31. The van der Waals surface area contributed by atoms with Crippen LogP contribution in [0.4, 0.5) is 10.5 Å². The molecule has 2 aliphatic heterocycles. The fraction of sp³-hybridized carbons (Fsp3) is 0.562. The van der Waals surface area contributed by atoms with Crippen LogP contribution >= 0.6 is 0 Å². The van der Waals surface area contributed by atoms with Gasteiger partial charge in [-0.25, -0.2) is 4.79 Å². The number of ether oxygens (including phenoxy) is 1. The Hall–Kier alpha value is -2.15. The van der Waals surface area contributed by atoms with E-state index in [9.17, 15) is 9.59 Å². The number of anilines is 1. The van der Waals surface area contributed by atoms with E-state index in [1.54, 1.807) is 29.4 Å². The summed E-state index contributed by atoms with van der Waals surface area (Å²) < 4.78 is 5.29. The Balaban J connectivity index is 1.57. The molecule has 0 radical (unpaired) electrons. The first kappa shape index (κ1) is 15.7. The number of carbonyl (C=O) groups excluding carboxylic acids is 2. The lowest BCUT2D eigenvalue weighted by atomic mass is 9.96. The molecule has 7 heteroatoms. The molecular weight excluding hydrogens is 296 g/mol. The first-order valence-corrected chi connectivity index (χ1v) is 8.06. The summed E-state index contributed by atoms with van der Waals surface area (Å²) in [6.07, 6.45) is 4.97. The van der Waals surface area contributed by atoms with E-state index in [4.69, 9.17) is 4.74 Å². The van der Waals surface area contributed by atoms with Crippen LogP contribution in [0.2, 0.25) is 0 Å². The number of likely N-dealkylation sites (tertiary alicyclic amines) is 1. The van der Waals surface area contributed by atoms with Crippen LogP contribution in [0.3, 0.4) is 0 Å². The normalized spacial score (nSPS) is 21.8. The van der Waals surface area contributed by atoms with Crippen LogP contribution in [0.5, 0.6) is 0 Å².